The molecule has 2 heterocycles. The van der Waals surface area contributed by atoms with Gasteiger partial charge < -0.3 is 5.73 Å². The first-order valence-electron chi connectivity index (χ1n) is 3.42. The van der Waals surface area contributed by atoms with Crippen molar-refractivity contribution in [2.24, 2.45) is 7.05 Å². The fourth-order valence-electron chi connectivity index (χ4n) is 1.12. The average molecular weight is 227 g/mol. The van der Waals surface area contributed by atoms with Gasteiger partial charge in [-0.2, -0.15) is 5.10 Å². The van der Waals surface area contributed by atoms with E-state index in [9.17, 15) is 0 Å². The Kier molecular flexibility index (Phi) is 1.54. The van der Waals surface area contributed by atoms with Crippen molar-refractivity contribution in [2.75, 3.05) is 5.73 Å². The van der Waals surface area contributed by atoms with Gasteiger partial charge in [0.25, 0.3) is 0 Å². The van der Waals surface area contributed by atoms with Gasteiger partial charge in [0.05, 0.1) is 17.3 Å². The van der Waals surface area contributed by atoms with Crippen LogP contribution in [0.5, 0.6) is 0 Å². The van der Waals surface area contributed by atoms with E-state index in [4.69, 9.17) is 5.73 Å². The van der Waals surface area contributed by atoms with Crippen LogP contribution in [0.1, 0.15) is 0 Å². The third-order valence-electron chi connectivity index (χ3n) is 1.65. The van der Waals surface area contributed by atoms with E-state index in [0.717, 1.165) is 15.6 Å². The topological polar surface area (TPSA) is 56.7 Å². The van der Waals surface area contributed by atoms with Crippen molar-refractivity contribution in [1.29, 1.82) is 0 Å². The van der Waals surface area contributed by atoms with E-state index in [1.165, 1.54) is 0 Å². The molecule has 0 fully saturated rings. The Labute approximate surface area is 77.5 Å². The van der Waals surface area contributed by atoms with Crippen LogP contribution in [-0.2, 0) is 7.05 Å². The molecule has 2 aromatic heterocycles. The summed E-state index contributed by atoms with van der Waals surface area (Å²) in [5.41, 5.74) is 7.06. The summed E-state index contributed by atoms with van der Waals surface area (Å²) in [6.07, 6.45) is 1.62. The van der Waals surface area contributed by atoms with Crippen LogP contribution in [0.4, 0.5) is 5.69 Å². The van der Waals surface area contributed by atoms with Crippen molar-refractivity contribution < 1.29 is 0 Å². The van der Waals surface area contributed by atoms with Crippen LogP contribution in [-0.4, -0.2) is 14.8 Å². The summed E-state index contributed by atoms with van der Waals surface area (Å²) in [6, 6.07) is 1.85. The molecule has 0 amide bonds. The number of nitrogen functional groups attached to an aromatic ring is 1. The Balaban J connectivity index is 2.90. The Hall–Kier alpha value is -1.10. The maximum absolute atomic E-state index is 5.58. The Bertz CT molecular complexity index is 434. The number of fused-ring (bicyclic) bond motifs is 1. The molecule has 4 nitrogen and oxygen atoms in total. The molecule has 2 N–H and O–H groups in total. The predicted molar refractivity (Wildman–Crippen MR) is 50.6 cm³/mol. The first-order valence-corrected chi connectivity index (χ1v) is 4.21. The molecule has 2 rings (SSSR count). The maximum atomic E-state index is 5.58. The quantitative estimate of drug-likeness (QED) is 0.738. The van der Waals surface area contributed by atoms with Crippen LogP contribution >= 0.6 is 15.9 Å². The molecule has 0 radical (unpaired) electrons. The van der Waals surface area contributed by atoms with Gasteiger partial charge in [-0.05, 0) is 22.0 Å². The molecule has 12 heavy (non-hydrogen) atoms. The number of pyridine rings is 1. The smallest absolute Gasteiger partial charge is 0.158 e. The SMILES string of the molecule is Cn1nc(Br)c2cc(N)cnc21. The van der Waals surface area contributed by atoms with E-state index in [1.807, 2.05) is 13.1 Å². The third-order valence-corrected chi connectivity index (χ3v) is 2.24. The van der Waals surface area contributed by atoms with Crippen molar-refractivity contribution in [1.82, 2.24) is 14.8 Å². The van der Waals surface area contributed by atoms with Crippen LogP contribution in [0.2, 0.25) is 0 Å². The number of hydrogen-bond donors (Lipinski definition) is 1. The van der Waals surface area contributed by atoms with Gasteiger partial charge in [0, 0.05) is 7.05 Å². The molecular formula is C7H7BrN4. The first kappa shape index (κ1) is 7.54. The molecule has 0 unspecified atom stereocenters. The number of hydrogen-bond acceptors (Lipinski definition) is 3. The van der Waals surface area contributed by atoms with Gasteiger partial charge in [-0.3, -0.25) is 0 Å². The van der Waals surface area contributed by atoms with E-state index in [2.05, 4.69) is 26.0 Å². The molecule has 0 saturated heterocycles. The molecule has 0 spiro atoms. The summed E-state index contributed by atoms with van der Waals surface area (Å²) in [5.74, 6) is 0. The van der Waals surface area contributed by atoms with Gasteiger partial charge in [0.1, 0.15) is 4.60 Å². The summed E-state index contributed by atoms with van der Waals surface area (Å²) in [6.45, 7) is 0. The van der Waals surface area contributed by atoms with E-state index < -0.39 is 0 Å². The van der Waals surface area contributed by atoms with E-state index in [-0.39, 0.29) is 0 Å². The van der Waals surface area contributed by atoms with Crippen LogP contribution in [0.3, 0.4) is 0 Å². The van der Waals surface area contributed by atoms with E-state index in [1.54, 1.807) is 10.9 Å². The summed E-state index contributed by atoms with van der Waals surface area (Å²) >= 11 is 3.32. The van der Waals surface area contributed by atoms with Gasteiger partial charge in [0.2, 0.25) is 0 Å². The highest BCUT2D eigenvalue weighted by molar-refractivity contribution is 9.10. The standard InChI is InChI=1S/C7H7BrN4/c1-12-7-5(6(8)11-12)2-4(9)3-10-7/h2-3H,9H2,1H3. The highest BCUT2D eigenvalue weighted by atomic mass is 79.9. The minimum absolute atomic E-state index is 0.649. The molecule has 0 saturated carbocycles. The average Bonchev–Trinajstić information content (AvgIpc) is 2.28. The summed E-state index contributed by atoms with van der Waals surface area (Å²) in [5, 5.41) is 5.09. The predicted octanol–water partition coefficient (Wildman–Crippen LogP) is 1.31. The van der Waals surface area contributed by atoms with Crippen molar-refractivity contribution in [3.05, 3.63) is 16.9 Å². The lowest BCUT2D eigenvalue weighted by atomic mass is 10.3. The molecule has 0 aliphatic rings. The molecule has 0 atom stereocenters. The molecular weight excluding hydrogens is 220 g/mol. The fraction of sp³-hybridized carbons (Fsp3) is 0.143. The highest BCUT2D eigenvalue weighted by Crippen LogP contribution is 2.22. The second kappa shape index (κ2) is 2.45. The normalized spacial score (nSPS) is 10.8. The summed E-state index contributed by atoms with van der Waals surface area (Å²) in [4.78, 5) is 4.15. The lowest BCUT2D eigenvalue weighted by Gasteiger charge is -1.93. The van der Waals surface area contributed by atoms with Crippen molar-refractivity contribution in [2.45, 2.75) is 0 Å². The van der Waals surface area contributed by atoms with Crippen LogP contribution < -0.4 is 5.73 Å². The number of nitrogens with two attached hydrogens (primary N) is 1. The monoisotopic (exact) mass is 226 g/mol. The maximum Gasteiger partial charge on any atom is 0.158 e. The van der Waals surface area contributed by atoms with Crippen LogP contribution in [0.25, 0.3) is 11.0 Å². The van der Waals surface area contributed by atoms with Gasteiger partial charge in [-0.25, -0.2) is 9.67 Å². The highest BCUT2D eigenvalue weighted by Gasteiger charge is 2.06. The molecule has 0 aliphatic heterocycles. The van der Waals surface area contributed by atoms with Gasteiger partial charge >= 0.3 is 0 Å². The van der Waals surface area contributed by atoms with E-state index >= 15 is 0 Å². The minimum Gasteiger partial charge on any atom is -0.397 e. The van der Waals surface area contributed by atoms with Crippen molar-refractivity contribution in [3.8, 4) is 0 Å². The van der Waals surface area contributed by atoms with Gasteiger partial charge in [-0.15, -0.1) is 0 Å². The zero-order chi connectivity index (χ0) is 8.72. The summed E-state index contributed by atoms with van der Waals surface area (Å²) in [7, 11) is 1.84. The second-order valence-electron chi connectivity index (χ2n) is 2.55. The zero-order valence-electron chi connectivity index (χ0n) is 6.45. The van der Waals surface area contributed by atoms with Crippen molar-refractivity contribution in [3.63, 3.8) is 0 Å². The van der Waals surface area contributed by atoms with Gasteiger partial charge in [-0.1, -0.05) is 0 Å². The van der Waals surface area contributed by atoms with Gasteiger partial charge in [0.15, 0.2) is 5.65 Å². The number of anilines is 1. The third kappa shape index (κ3) is 0.972. The molecule has 2 aromatic rings. The fourth-order valence-corrected chi connectivity index (χ4v) is 1.65. The van der Waals surface area contributed by atoms with E-state index in [0.29, 0.717) is 5.69 Å². The first-order chi connectivity index (χ1) is 5.68. The Morgan fingerprint density at radius 3 is 3.08 bits per heavy atom. The summed E-state index contributed by atoms with van der Waals surface area (Å²) < 4.78 is 2.48. The molecule has 0 bridgehead atoms. The number of aryl methyl sites for hydroxylation is 1. The number of halogens is 1. The Morgan fingerprint density at radius 2 is 2.33 bits per heavy atom. The minimum atomic E-state index is 0.649. The zero-order valence-corrected chi connectivity index (χ0v) is 8.04. The van der Waals surface area contributed by atoms with Crippen LogP contribution in [0.15, 0.2) is 16.9 Å². The number of rotatable bonds is 0. The van der Waals surface area contributed by atoms with Crippen LogP contribution in [0, 0.1) is 0 Å². The molecule has 0 aromatic carbocycles. The molecule has 0 aliphatic carbocycles. The molecule has 5 heteroatoms. The lowest BCUT2D eigenvalue weighted by Crippen LogP contribution is -1.92. The Morgan fingerprint density at radius 1 is 1.58 bits per heavy atom. The lowest BCUT2D eigenvalue weighted by molar-refractivity contribution is 0.778. The van der Waals surface area contributed by atoms with Crippen molar-refractivity contribution >= 4 is 32.7 Å². The second-order valence-corrected chi connectivity index (χ2v) is 3.31. The number of aromatic nitrogens is 3. The molecule has 62 valence electrons. The number of nitrogens with zero attached hydrogens (tertiary/aromatic N) is 3. The largest absolute Gasteiger partial charge is 0.397 e.